The number of carbonyl (C=O) groups excluding carboxylic acids is 1. The second-order valence-corrected chi connectivity index (χ2v) is 7.29. The Bertz CT molecular complexity index is 1370. The standard InChI is InChI=1S/C18H14F2N6O3S/c1-9-13(14-21-6-7-25(14)17(19)20)30-18(22-9)23-12(27)8-26-16(29)11-5-3-2-4-10(11)15(28)24-26/h2-7,17H,8H2,1H3,(H,24,28)(H,22,23,27). The van der Waals surface area contributed by atoms with Gasteiger partial charge < -0.3 is 5.32 Å². The van der Waals surface area contributed by atoms with Gasteiger partial charge in [0.15, 0.2) is 11.0 Å². The van der Waals surface area contributed by atoms with Crippen molar-refractivity contribution in [2.45, 2.75) is 20.0 Å². The van der Waals surface area contributed by atoms with Crippen molar-refractivity contribution in [1.82, 2.24) is 24.3 Å². The zero-order chi connectivity index (χ0) is 21.4. The second-order valence-electron chi connectivity index (χ2n) is 6.30. The van der Waals surface area contributed by atoms with Crippen LogP contribution in [-0.2, 0) is 11.3 Å². The van der Waals surface area contributed by atoms with Gasteiger partial charge in [0, 0.05) is 12.4 Å². The summed E-state index contributed by atoms with van der Waals surface area (Å²) in [6.45, 7) is -1.60. The van der Waals surface area contributed by atoms with Gasteiger partial charge in [0.05, 0.1) is 21.3 Å². The highest BCUT2D eigenvalue weighted by Crippen LogP contribution is 2.33. The molecular formula is C18H14F2N6O3S. The van der Waals surface area contributed by atoms with E-state index in [1.807, 2.05) is 0 Å². The normalized spacial score (nSPS) is 11.3. The van der Waals surface area contributed by atoms with Gasteiger partial charge in [-0.1, -0.05) is 23.5 Å². The SMILES string of the molecule is Cc1nc(NC(=O)Cn2[nH]c(=O)c3ccccc3c2=O)sc1-c1nccn1C(F)F. The molecule has 3 aromatic heterocycles. The Morgan fingerprint density at radius 1 is 1.27 bits per heavy atom. The van der Waals surface area contributed by atoms with Crippen LogP contribution in [0.5, 0.6) is 0 Å². The molecule has 1 aromatic carbocycles. The molecule has 12 heteroatoms. The molecule has 0 bridgehead atoms. The van der Waals surface area contributed by atoms with Crippen LogP contribution in [0.25, 0.3) is 21.5 Å². The number of aromatic nitrogens is 5. The van der Waals surface area contributed by atoms with Crippen LogP contribution in [0.2, 0.25) is 0 Å². The van der Waals surface area contributed by atoms with Crippen LogP contribution in [0, 0.1) is 6.92 Å². The maximum Gasteiger partial charge on any atom is 0.320 e. The Morgan fingerprint density at radius 2 is 2.00 bits per heavy atom. The Morgan fingerprint density at radius 3 is 2.73 bits per heavy atom. The molecule has 9 nitrogen and oxygen atoms in total. The van der Waals surface area contributed by atoms with Crippen LogP contribution in [-0.4, -0.2) is 30.2 Å². The van der Waals surface area contributed by atoms with E-state index in [2.05, 4.69) is 20.4 Å². The van der Waals surface area contributed by atoms with Gasteiger partial charge in [-0.3, -0.25) is 24.0 Å². The number of aromatic amines is 1. The van der Waals surface area contributed by atoms with E-state index in [1.54, 1.807) is 19.1 Å². The van der Waals surface area contributed by atoms with Gasteiger partial charge in [-0.05, 0) is 19.1 Å². The number of rotatable bonds is 5. The molecule has 0 saturated heterocycles. The van der Waals surface area contributed by atoms with E-state index in [9.17, 15) is 23.2 Å². The molecule has 0 aliphatic rings. The van der Waals surface area contributed by atoms with Crippen molar-refractivity contribution in [2.75, 3.05) is 5.32 Å². The van der Waals surface area contributed by atoms with Crippen LogP contribution in [0.3, 0.4) is 0 Å². The van der Waals surface area contributed by atoms with E-state index in [1.165, 1.54) is 18.3 Å². The summed E-state index contributed by atoms with van der Waals surface area (Å²) >= 11 is 0.979. The molecule has 0 radical (unpaired) electrons. The van der Waals surface area contributed by atoms with Crippen LogP contribution in [0.15, 0.2) is 46.2 Å². The third-order valence-electron chi connectivity index (χ3n) is 4.31. The van der Waals surface area contributed by atoms with Gasteiger partial charge in [0.25, 0.3) is 11.1 Å². The smallest absolute Gasteiger partial charge is 0.300 e. The van der Waals surface area contributed by atoms with Gasteiger partial charge in [-0.15, -0.1) is 0 Å². The summed E-state index contributed by atoms with van der Waals surface area (Å²) in [4.78, 5) is 45.5. The maximum absolute atomic E-state index is 13.1. The average molecular weight is 432 g/mol. The molecule has 4 rings (SSSR count). The predicted octanol–water partition coefficient (Wildman–Crippen LogP) is 2.35. The highest BCUT2D eigenvalue weighted by molar-refractivity contribution is 7.19. The molecular weight excluding hydrogens is 418 g/mol. The summed E-state index contributed by atoms with van der Waals surface area (Å²) in [7, 11) is 0. The molecule has 0 saturated carbocycles. The lowest BCUT2D eigenvalue weighted by molar-refractivity contribution is -0.117. The number of hydrogen-bond donors (Lipinski definition) is 2. The Balaban J connectivity index is 1.58. The highest BCUT2D eigenvalue weighted by atomic mass is 32.1. The fourth-order valence-electron chi connectivity index (χ4n) is 2.96. The number of fused-ring (bicyclic) bond motifs is 1. The molecule has 30 heavy (non-hydrogen) atoms. The summed E-state index contributed by atoms with van der Waals surface area (Å²) in [6.07, 6.45) is 2.40. The summed E-state index contributed by atoms with van der Waals surface area (Å²) in [5.74, 6) is -0.573. The van der Waals surface area contributed by atoms with E-state index in [0.717, 1.165) is 22.2 Å². The quantitative estimate of drug-likeness (QED) is 0.502. The van der Waals surface area contributed by atoms with Crippen molar-refractivity contribution >= 4 is 33.1 Å². The number of H-pyrrole nitrogens is 1. The minimum Gasteiger partial charge on any atom is -0.300 e. The number of hydrogen-bond acceptors (Lipinski definition) is 6. The fraction of sp³-hybridized carbons (Fsp3) is 0.167. The molecule has 1 amide bonds. The van der Waals surface area contributed by atoms with Crippen molar-refractivity contribution in [3.8, 4) is 10.7 Å². The van der Waals surface area contributed by atoms with Crippen molar-refractivity contribution in [3.63, 3.8) is 0 Å². The topological polar surface area (TPSA) is 115 Å². The third-order valence-corrected chi connectivity index (χ3v) is 5.38. The van der Waals surface area contributed by atoms with Gasteiger partial charge in [0.1, 0.15) is 6.54 Å². The average Bonchev–Trinajstić information content (AvgIpc) is 3.32. The summed E-state index contributed by atoms with van der Waals surface area (Å²) < 4.78 is 27.8. The lowest BCUT2D eigenvalue weighted by atomic mass is 10.2. The van der Waals surface area contributed by atoms with Crippen molar-refractivity contribution in [2.24, 2.45) is 0 Å². The molecule has 154 valence electrons. The molecule has 3 heterocycles. The Kier molecular flexibility index (Phi) is 4.99. The first kappa shape index (κ1) is 19.6. The van der Waals surface area contributed by atoms with Gasteiger partial charge >= 0.3 is 6.55 Å². The molecule has 0 spiro atoms. The molecule has 0 fully saturated rings. The van der Waals surface area contributed by atoms with Crippen molar-refractivity contribution in [1.29, 1.82) is 0 Å². The zero-order valence-electron chi connectivity index (χ0n) is 15.4. The first-order valence-corrected chi connectivity index (χ1v) is 9.47. The number of aryl methyl sites for hydroxylation is 1. The van der Waals surface area contributed by atoms with Crippen LogP contribution in [0.4, 0.5) is 13.9 Å². The van der Waals surface area contributed by atoms with E-state index < -0.39 is 30.1 Å². The highest BCUT2D eigenvalue weighted by Gasteiger charge is 2.19. The summed E-state index contributed by atoms with van der Waals surface area (Å²) in [5, 5.41) is 5.47. The number of imidazole rings is 1. The number of amides is 1. The van der Waals surface area contributed by atoms with Crippen molar-refractivity contribution in [3.05, 3.63) is 63.1 Å². The Hall–Kier alpha value is -3.67. The lowest BCUT2D eigenvalue weighted by Gasteiger charge is -2.06. The lowest BCUT2D eigenvalue weighted by Crippen LogP contribution is -2.34. The van der Waals surface area contributed by atoms with E-state index in [-0.39, 0.29) is 21.7 Å². The monoisotopic (exact) mass is 432 g/mol. The summed E-state index contributed by atoms with van der Waals surface area (Å²) in [5.41, 5.74) is -0.598. The zero-order valence-corrected chi connectivity index (χ0v) is 16.2. The molecule has 2 N–H and O–H groups in total. The number of nitrogens with one attached hydrogen (secondary N) is 2. The number of nitrogens with zero attached hydrogens (tertiary/aromatic N) is 4. The van der Waals surface area contributed by atoms with E-state index in [0.29, 0.717) is 15.1 Å². The first-order valence-electron chi connectivity index (χ1n) is 8.65. The Labute approximate surface area is 170 Å². The number of carbonyl (C=O) groups is 1. The first-order chi connectivity index (χ1) is 14.3. The molecule has 0 unspecified atom stereocenters. The maximum atomic E-state index is 13.1. The minimum absolute atomic E-state index is 0.0376. The van der Waals surface area contributed by atoms with E-state index in [4.69, 9.17) is 0 Å². The number of anilines is 1. The van der Waals surface area contributed by atoms with Gasteiger partial charge in [0.2, 0.25) is 5.91 Å². The number of alkyl halides is 2. The van der Waals surface area contributed by atoms with Crippen molar-refractivity contribution < 1.29 is 13.6 Å². The molecule has 0 aliphatic heterocycles. The molecule has 0 atom stereocenters. The van der Waals surface area contributed by atoms with E-state index >= 15 is 0 Å². The predicted molar refractivity (Wildman–Crippen MR) is 107 cm³/mol. The summed E-state index contributed by atoms with van der Waals surface area (Å²) in [6, 6.07) is 6.28. The minimum atomic E-state index is -2.77. The molecule has 4 aromatic rings. The number of benzene rings is 1. The number of thiazole rings is 1. The largest absolute Gasteiger partial charge is 0.320 e. The van der Waals surface area contributed by atoms with Crippen LogP contribution >= 0.6 is 11.3 Å². The fourth-order valence-corrected chi connectivity index (χ4v) is 3.95. The van der Waals surface area contributed by atoms with Crippen LogP contribution in [0.1, 0.15) is 12.2 Å². The van der Waals surface area contributed by atoms with Crippen LogP contribution < -0.4 is 16.4 Å². The van der Waals surface area contributed by atoms with Gasteiger partial charge in [-0.2, -0.15) is 8.78 Å². The third kappa shape index (κ3) is 3.52. The molecule has 0 aliphatic carbocycles. The second kappa shape index (κ2) is 7.63. The number of halogens is 2. The van der Waals surface area contributed by atoms with Gasteiger partial charge in [-0.25, -0.2) is 14.6 Å².